The van der Waals surface area contributed by atoms with Crippen molar-refractivity contribution < 1.29 is 18.0 Å². The molecule has 0 unspecified atom stereocenters. The normalized spacial score (nSPS) is 11.4. The van der Waals surface area contributed by atoms with E-state index in [1.54, 1.807) is 5.48 Å². The molecule has 13 heavy (non-hydrogen) atoms. The average molecular weight is 212 g/mol. The van der Waals surface area contributed by atoms with Crippen molar-refractivity contribution in [2.45, 2.75) is 6.36 Å². The van der Waals surface area contributed by atoms with Crippen molar-refractivity contribution in [2.75, 3.05) is 5.48 Å². The molecular weight excluding hydrogens is 207 g/mol. The van der Waals surface area contributed by atoms with Gasteiger partial charge in [-0.15, -0.1) is 13.2 Å². The Labute approximate surface area is 77.2 Å². The van der Waals surface area contributed by atoms with Crippen molar-refractivity contribution in [1.82, 2.24) is 0 Å². The van der Waals surface area contributed by atoms with Crippen LogP contribution < -0.4 is 5.48 Å². The molecule has 0 saturated heterocycles. The predicted molar refractivity (Wildman–Crippen MR) is 42.2 cm³/mol. The maximum atomic E-state index is 11.5. The van der Waals surface area contributed by atoms with Crippen molar-refractivity contribution in [3.8, 4) is 0 Å². The molecule has 0 spiro atoms. The summed E-state index contributed by atoms with van der Waals surface area (Å²) in [5, 5.41) is 0.442. The highest BCUT2D eigenvalue weighted by atomic mass is 35.5. The molecule has 0 fully saturated rings. The van der Waals surface area contributed by atoms with Crippen molar-refractivity contribution in [3.05, 3.63) is 29.3 Å². The molecule has 0 heterocycles. The molecule has 0 aliphatic heterocycles. The number of anilines is 1. The van der Waals surface area contributed by atoms with Gasteiger partial charge in [0, 0.05) is 5.02 Å². The van der Waals surface area contributed by atoms with Gasteiger partial charge in [-0.1, -0.05) is 11.6 Å². The molecule has 2 nitrogen and oxygen atoms in total. The Morgan fingerprint density at radius 2 is 1.69 bits per heavy atom. The van der Waals surface area contributed by atoms with E-state index >= 15 is 0 Å². The number of hydrogen-bond donors (Lipinski definition) is 1. The van der Waals surface area contributed by atoms with Gasteiger partial charge in [0.25, 0.3) is 0 Å². The van der Waals surface area contributed by atoms with Crippen LogP contribution in [0.3, 0.4) is 0 Å². The third-order valence-electron chi connectivity index (χ3n) is 1.13. The fourth-order valence-corrected chi connectivity index (χ4v) is 0.761. The first-order chi connectivity index (χ1) is 5.97. The first kappa shape index (κ1) is 10.1. The average Bonchev–Trinajstić information content (AvgIpc) is 2.02. The summed E-state index contributed by atoms with van der Waals surface area (Å²) < 4.78 is 34.5. The SMILES string of the molecule is FC(F)(F)ONc1ccc(Cl)cc1. The summed E-state index contributed by atoms with van der Waals surface area (Å²) in [6.45, 7) is 0. The lowest BCUT2D eigenvalue weighted by Gasteiger charge is -2.08. The second-order valence-electron chi connectivity index (χ2n) is 2.16. The van der Waals surface area contributed by atoms with Crippen LogP contribution in [-0.2, 0) is 4.84 Å². The zero-order valence-electron chi connectivity index (χ0n) is 6.23. The fraction of sp³-hybridized carbons (Fsp3) is 0.143. The number of hydrogen-bond acceptors (Lipinski definition) is 2. The summed E-state index contributed by atoms with van der Waals surface area (Å²) in [6, 6.07) is 5.63. The summed E-state index contributed by atoms with van der Waals surface area (Å²) in [5.74, 6) is 0. The molecule has 0 aromatic heterocycles. The van der Waals surface area contributed by atoms with Gasteiger partial charge in [-0.2, -0.15) is 4.84 Å². The monoisotopic (exact) mass is 211 g/mol. The standard InChI is InChI=1S/C7H5ClF3NO/c8-5-1-3-6(4-2-5)12-13-7(9,10)11/h1-4,12H. The van der Waals surface area contributed by atoms with Gasteiger partial charge in [0.2, 0.25) is 0 Å². The second-order valence-corrected chi connectivity index (χ2v) is 2.59. The first-order valence-electron chi connectivity index (χ1n) is 3.24. The number of alkyl halides is 3. The molecule has 72 valence electrons. The molecule has 0 atom stereocenters. The van der Waals surface area contributed by atoms with Crippen LogP contribution in [0.25, 0.3) is 0 Å². The molecule has 0 aliphatic rings. The van der Waals surface area contributed by atoms with Crippen LogP contribution in [0.4, 0.5) is 18.9 Å². The zero-order valence-corrected chi connectivity index (χ0v) is 6.99. The van der Waals surface area contributed by atoms with Crippen LogP contribution in [0.15, 0.2) is 24.3 Å². The van der Waals surface area contributed by atoms with E-state index in [0.29, 0.717) is 5.02 Å². The number of rotatable bonds is 2. The minimum absolute atomic E-state index is 0.182. The quantitative estimate of drug-likeness (QED) is 0.759. The van der Waals surface area contributed by atoms with Crippen molar-refractivity contribution in [2.24, 2.45) is 0 Å². The minimum atomic E-state index is -4.69. The smallest absolute Gasteiger partial charge is 0.258 e. The lowest BCUT2D eigenvalue weighted by Crippen LogP contribution is -2.17. The van der Waals surface area contributed by atoms with Crippen molar-refractivity contribution in [3.63, 3.8) is 0 Å². The van der Waals surface area contributed by atoms with Crippen LogP contribution >= 0.6 is 11.6 Å². The molecule has 0 radical (unpaired) electrons. The van der Waals surface area contributed by atoms with Crippen LogP contribution in [-0.4, -0.2) is 6.36 Å². The van der Waals surface area contributed by atoms with E-state index in [-0.39, 0.29) is 5.69 Å². The van der Waals surface area contributed by atoms with Crippen LogP contribution in [0, 0.1) is 0 Å². The van der Waals surface area contributed by atoms with E-state index < -0.39 is 6.36 Å². The van der Waals surface area contributed by atoms with E-state index in [2.05, 4.69) is 4.84 Å². The van der Waals surface area contributed by atoms with Gasteiger partial charge in [0.15, 0.2) is 0 Å². The fourth-order valence-electron chi connectivity index (χ4n) is 0.635. The lowest BCUT2D eigenvalue weighted by molar-refractivity contribution is -0.311. The highest BCUT2D eigenvalue weighted by Gasteiger charge is 2.29. The van der Waals surface area contributed by atoms with Gasteiger partial charge in [0.05, 0.1) is 5.69 Å². The van der Waals surface area contributed by atoms with Crippen LogP contribution in [0.1, 0.15) is 0 Å². The molecule has 0 bridgehead atoms. The molecular formula is C7H5ClF3NO. The molecule has 1 aromatic carbocycles. The summed E-state index contributed by atoms with van der Waals surface area (Å²) in [6.07, 6.45) is -4.69. The van der Waals surface area contributed by atoms with Gasteiger partial charge in [-0.05, 0) is 24.3 Å². The number of halogens is 4. The molecule has 0 amide bonds. The van der Waals surface area contributed by atoms with E-state index in [0.717, 1.165) is 0 Å². The second kappa shape index (κ2) is 3.85. The topological polar surface area (TPSA) is 21.3 Å². The third-order valence-corrected chi connectivity index (χ3v) is 1.38. The van der Waals surface area contributed by atoms with Crippen LogP contribution in [0.5, 0.6) is 0 Å². The third kappa shape index (κ3) is 4.00. The summed E-state index contributed by atoms with van der Waals surface area (Å²) in [4.78, 5) is 3.36. The van der Waals surface area contributed by atoms with Crippen molar-refractivity contribution >= 4 is 17.3 Å². The highest BCUT2D eigenvalue weighted by molar-refractivity contribution is 6.30. The van der Waals surface area contributed by atoms with Gasteiger partial charge in [0.1, 0.15) is 0 Å². The minimum Gasteiger partial charge on any atom is -0.258 e. The largest absolute Gasteiger partial charge is 0.543 e. The Kier molecular flexibility index (Phi) is 3.00. The Bertz CT molecular complexity index is 272. The maximum Gasteiger partial charge on any atom is 0.543 e. The lowest BCUT2D eigenvalue weighted by atomic mass is 10.3. The number of nitrogens with one attached hydrogen (secondary N) is 1. The Hall–Kier alpha value is -0.940. The molecule has 0 aliphatic carbocycles. The number of benzene rings is 1. The highest BCUT2D eigenvalue weighted by Crippen LogP contribution is 2.19. The molecule has 1 rings (SSSR count). The molecule has 1 N–H and O–H groups in total. The van der Waals surface area contributed by atoms with Gasteiger partial charge >= 0.3 is 6.36 Å². The molecule has 1 aromatic rings. The van der Waals surface area contributed by atoms with E-state index in [1.807, 2.05) is 0 Å². The van der Waals surface area contributed by atoms with Gasteiger partial charge in [-0.25, -0.2) is 0 Å². The predicted octanol–water partition coefficient (Wildman–Crippen LogP) is 3.20. The summed E-state index contributed by atoms with van der Waals surface area (Å²) >= 11 is 5.51. The van der Waals surface area contributed by atoms with E-state index in [9.17, 15) is 13.2 Å². The zero-order chi connectivity index (χ0) is 9.90. The van der Waals surface area contributed by atoms with Crippen LogP contribution in [0.2, 0.25) is 5.02 Å². The van der Waals surface area contributed by atoms with E-state index in [4.69, 9.17) is 11.6 Å². The first-order valence-corrected chi connectivity index (χ1v) is 3.61. The Morgan fingerprint density at radius 1 is 1.15 bits per heavy atom. The van der Waals surface area contributed by atoms with Gasteiger partial charge in [-0.3, -0.25) is 5.48 Å². The van der Waals surface area contributed by atoms with Gasteiger partial charge < -0.3 is 0 Å². The Balaban J connectivity index is 2.51. The summed E-state index contributed by atoms with van der Waals surface area (Å²) in [5.41, 5.74) is 1.91. The summed E-state index contributed by atoms with van der Waals surface area (Å²) in [7, 11) is 0. The molecule has 6 heteroatoms. The van der Waals surface area contributed by atoms with E-state index in [1.165, 1.54) is 24.3 Å². The Morgan fingerprint density at radius 3 is 2.15 bits per heavy atom. The van der Waals surface area contributed by atoms with Crippen molar-refractivity contribution in [1.29, 1.82) is 0 Å². The molecule has 0 saturated carbocycles. The maximum absolute atomic E-state index is 11.5.